The van der Waals surface area contributed by atoms with E-state index in [-0.39, 0.29) is 0 Å². The minimum Gasteiger partial charge on any atom is 0.0141 e. The minimum atomic E-state index is 0.384. The van der Waals surface area contributed by atoms with Crippen molar-refractivity contribution in [3.8, 4) is 0 Å². The maximum Gasteiger partial charge on any atom is 0.338 e. The van der Waals surface area contributed by atoms with Gasteiger partial charge in [-0.3, -0.25) is 0 Å². The van der Waals surface area contributed by atoms with Crippen LogP contribution in [0.3, 0.4) is 0 Å². The molecule has 0 radical (unpaired) electrons. The predicted molar refractivity (Wildman–Crippen MR) is 41.7 cm³/mol. The standard InChI is InChI=1S/C8H6N2O2/c11-9-5-1-3-7-8(9)4-2-6-10(7)12/h1-6H/q+2. The van der Waals surface area contributed by atoms with Crippen molar-refractivity contribution in [3.63, 3.8) is 0 Å². The molecule has 0 aromatic rings. The number of hydrogen-bond acceptors (Lipinski definition) is 2. The zero-order valence-corrected chi connectivity index (χ0v) is 6.18. The van der Waals surface area contributed by atoms with Crippen molar-refractivity contribution in [1.82, 2.24) is 0 Å². The first-order valence-corrected chi connectivity index (χ1v) is 3.49. The van der Waals surface area contributed by atoms with Gasteiger partial charge >= 0.3 is 11.4 Å². The Labute approximate surface area is 68.3 Å². The van der Waals surface area contributed by atoms with Crippen molar-refractivity contribution in [2.75, 3.05) is 0 Å². The van der Waals surface area contributed by atoms with Gasteiger partial charge in [0, 0.05) is 34.1 Å². The van der Waals surface area contributed by atoms with Crippen LogP contribution in [0.2, 0.25) is 0 Å². The second-order valence-electron chi connectivity index (χ2n) is 2.44. The van der Waals surface area contributed by atoms with E-state index in [1.165, 1.54) is 12.4 Å². The summed E-state index contributed by atoms with van der Waals surface area (Å²) in [7, 11) is 0. The maximum atomic E-state index is 11.1. The smallest absolute Gasteiger partial charge is 0.0141 e. The lowest BCUT2D eigenvalue weighted by atomic mass is 10.2. The van der Waals surface area contributed by atoms with E-state index >= 15 is 0 Å². The average Bonchev–Trinajstić information content (AvgIpc) is 2.07. The summed E-state index contributed by atoms with van der Waals surface area (Å²) in [5, 5.41) is 0. The Balaban J connectivity index is 2.57. The molecule has 58 valence electrons. The van der Waals surface area contributed by atoms with Crippen molar-refractivity contribution in [1.29, 1.82) is 0 Å². The molecule has 2 aliphatic rings. The summed E-state index contributed by atoms with van der Waals surface area (Å²) in [6, 6.07) is 0. The van der Waals surface area contributed by atoms with Gasteiger partial charge in [-0.2, -0.15) is 0 Å². The van der Waals surface area contributed by atoms with Gasteiger partial charge in [-0.25, -0.2) is 0 Å². The summed E-state index contributed by atoms with van der Waals surface area (Å²) in [5.74, 6) is 0. The Kier molecular flexibility index (Phi) is 1.33. The lowest BCUT2D eigenvalue weighted by Gasteiger charge is -1.96. The highest BCUT2D eigenvalue weighted by atomic mass is 16.3. The zero-order valence-electron chi connectivity index (χ0n) is 6.18. The van der Waals surface area contributed by atoms with Crippen LogP contribution in [0.5, 0.6) is 0 Å². The first-order valence-electron chi connectivity index (χ1n) is 3.49. The molecule has 2 rings (SSSR count). The number of nitrogens with zero attached hydrogens (tertiary/aromatic N) is 2. The number of rotatable bonds is 0. The second kappa shape index (κ2) is 2.34. The third-order valence-electron chi connectivity index (χ3n) is 1.69. The second-order valence-corrected chi connectivity index (χ2v) is 2.44. The molecule has 0 aliphatic carbocycles. The van der Waals surface area contributed by atoms with Crippen LogP contribution >= 0.6 is 0 Å². The van der Waals surface area contributed by atoms with E-state index in [0.29, 0.717) is 20.9 Å². The van der Waals surface area contributed by atoms with Crippen LogP contribution in [0, 0.1) is 9.81 Å². The van der Waals surface area contributed by atoms with Crippen LogP contribution in [0.1, 0.15) is 0 Å². The first-order chi connectivity index (χ1) is 5.79. The fraction of sp³-hybridized carbons (Fsp3) is 0. The molecule has 0 aromatic carbocycles. The molecule has 0 fully saturated rings. The molecule has 0 N–H and O–H groups in total. The third-order valence-corrected chi connectivity index (χ3v) is 1.69. The minimum absolute atomic E-state index is 0.384. The fourth-order valence-electron chi connectivity index (χ4n) is 1.13. The van der Waals surface area contributed by atoms with E-state index in [1.54, 1.807) is 24.3 Å². The topological polar surface area (TPSA) is 40.2 Å². The molecule has 0 bridgehead atoms. The maximum absolute atomic E-state index is 11.1. The van der Waals surface area contributed by atoms with Gasteiger partial charge in [0.1, 0.15) is 0 Å². The molecule has 4 nitrogen and oxygen atoms in total. The lowest BCUT2D eigenvalue weighted by Crippen LogP contribution is -2.15. The monoisotopic (exact) mass is 162 g/mol. The SMILES string of the molecule is O=[N+]1C=CC=C2C1=CC=C[N+]2=O. The molecule has 0 saturated heterocycles. The van der Waals surface area contributed by atoms with Crippen molar-refractivity contribution in [3.05, 3.63) is 57.9 Å². The molecular formula is C8H6N2O2+2. The van der Waals surface area contributed by atoms with Crippen LogP contribution < -0.4 is 0 Å². The highest BCUT2D eigenvalue weighted by molar-refractivity contribution is 5.30. The van der Waals surface area contributed by atoms with E-state index in [4.69, 9.17) is 0 Å². The largest absolute Gasteiger partial charge is 0.338 e. The summed E-state index contributed by atoms with van der Waals surface area (Å²) < 4.78 is 1.34. The molecule has 0 atom stereocenters. The Morgan fingerprint density at radius 2 is 1.25 bits per heavy atom. The zero-order chi connectivity index (χ0) is 8.55. The summed E-state index contributed by atoms with van der Waals surface area (Å²) in [6.45, 7) is 0. The molecule has 12 heavy (non-hydrogen) atoms. The van der Waals surface area contributed by atoms with E-state index in [9.17, 15) is 9.81 Å². The summed E-state index contributed by atoms with van der Waals surface area (Å²) in [5.41, 5.74) is 0.769. The van der Waals surface area contributed by atoms with Crippen LogP contribution in [0.15, 0.2) is 48.1 Å². The summed E-state index contributed by atoms with van der Waals surface area (Å²) in [6.07, 6.45) is 9.03. The molecule has 4 heteroatoms. The average molecular weight is 162 g/mol. The van der Waals surface area contributed by atoms with Gasteiger partial charge in [-0.05, 0) is 0 Å². The van der Waals surface area contributed by atoms with Gasteiger partial charge < -0.3 is 0 Å². The molecule has 2 aliphatic heterocycles. The molecule has 0 aromatic heterocycles. The van der Waals surface area contributed by atoms with Gasteiger partial charge in [-0.1, -0.05) is 0 Å². The van der Waals surface area contributed by atoms with Crippen LogP contribution in [0.25, 0.3) is 0 Å². The van der Waals surface area contributed by atoms with Gasteiger partial charge in [0.2, 0.25) is 12.4 Å². The molecule has 0 spiro atoms. The molecular weight excluding hydrogens is 156 g/mol. The van der Waals surface area contributed by atoms with E-state index in [2.05, 4.69) is 0 Å². The van der Waals surface area contributed by atoms with E-state index in [1.807, 2.05) is 0 Å². The number of hydrogen-bond donors (Lipinski definition) is 0. The highest BCUT2D eigenvalue weighted by Crippen LogP contribution is 2.20. The number of nitroso groups, excluding NO2 is 2. The van der Waals surface area contributed by atoms with Crippen LogP contribution in [0.4, 0.5) is 0 Å². The van der Waals surface area contributed by atoms with E-state index < -0.39 is 0 Å². The molecule has 2 heterocycles. The lowest BCUT2D eigenvalue weighted by molar-refractivity contribution is -0.483. The van der Waals surface area contributed by atoms with Gasteiger partial charge in [0.15, 0.2) is 0 Å². The number of allylic oxidation sites excluding steroid dienone is 4. The van der Waals surface area contributed by atoms with Crippen molar-refractivity contribution in [2.45, 2.75) is 0 Å². The summed E-state index contributed by atoms with van der Waals surface area (Å²) in [4.78, 5) is 22.2. The summed E-state index contributed by atoms with van der Waals surface area (Å²) >= 11 is 0. The van der Waals surface area contributed by atoms with Gasteiger partial charge in [0.25, 0.3) is 0 Å². The van der Waals surface area contributed by atoms with Gasteiger partial charge in [0.05, 0.1) is 9.52 Å². The Bertz CT molecular complexity index is 348. The quantitative estimate of drug-likeness (QED) is 0.504. The predicted octanol–water partition coefficient (Wildman–Crippen LogP) is 1.37. The third kappa shape index (κ3) is 0.852. The number of fused-ring (bicyclic) bond motifs is 1. The fourth-order valence-corrected chi connectivity index (χ4v) is 1.13. The Hall–Kier alpha value is -1.84. The van der Waals surface area contributed by atoms with Crippen molar-refractivity contribution < 1.29 is 9.52 Å². The molecule has 0 saturated carbocycles. The van der Waals surface area contributed by atoms with Crippen LogP contribution in [-0.2, 0) is 0 Å². The Morgan fingerprint density at radius 1 is 0.833 bits per heavy atom. The normalized spacial score (nSPS) is 20.3. The first kappa shape index (κ1) is 6.84. The van der Waals surface area contributed by atoms with Crippen molar-refractivity contribution in [2.24, 2.45) is 0 Å². The van der Waals surface area contributed by atoms with Crippen molar-refractivity contribution >= 4 is 0 Å². The molecule has 0 unspecified atom stereocenters. The Morgan fingerprint density at radius 3 is 1.67 bits per heavy atom. The van der Waals surface area contributed by atoms with E-state index in [0.717, 1.165) is 0 Å². The van der Waals surface area contributed by atoms with Crippen LogP contribution in [-0.4, -0.2) is 9.52 Å². The highest BCUT2D eigenvalue weighted by Gasteiger charge is 2.36. The molecule has 0 amide bonds. The van der Waals surface area contributed by atoms with Gasteiger partial charge in [-0.15, -0.1) is 0 Å².